The van der Waals surface area contributed by atoms with Crippen LogP contribution in [0.1, 0.15) is 26.0 Å². The van der Waals surface area contributed by atoms with E-state index in [4.69, 9.17) is 5.73 Å². The number of nitrogens with one attached hydrogen (secondary N) is 1. The first-order valence-electron chi connectivity index (χ1n) is 6.31. The van der Waals surface area contributed by atoms with E-state index in [9.17, 15) is 0 Å². The molecule has 18 heavy (non-hydrogen) atoms. The predicted molar refractivity (Wildman–Crippen MR) is 71.5 cm³/mol. The molecule has 1 saturated carbocycles. The van der Waals surface area contributed by atoms with Crippen LogP contribution in [0.2, 0.25) is 0 Å². The number of rotatable bonds is 2. The molecule has 1 fully saturated rings. The minimum Gasteiger partial charge on any atom is -0.365 e. The molecule has 0 aromatic carbocycles. The zero-order valence-electron chi connectivity index (χ0n) is 11.0. The number of hydrogen-bond donors (Lipinski definition) is 2. The van der Waals surface area contributed by atoms with E-state index in [1.165, 1.54) is 0 Å². The molecule has 5 nitrogen and oxygen atoms in total. The summed E-state index contributed by atoms with van der Waals surface area (Å²) in [6.07, 6.45) is 4.63. The smallest absolute Gasteiger partial charge is 0.152 e. The molecule has 5 heteroatoms. The summed E-state index contributed by atoms with van der Waals surface area (Å²) in [5.41, 5.74) is 8.17. The highest BCUT2D eigenvalue weighted by Gasteiger charge is 2.46. The fraction of sp³-hybridized carbons (Fsp3) is 0.538. The number of anilines is 1. The molecule has 1 aliphatic rings. The van der Waals surface area contributed by atoms with Crippen molar-refractivity contribution in [1.29, 1.82) is 0 Å². The van der Waals surface area contributed by atoms with E-state index in [1.807, 2.05) is 23.7 Å². The van der Waals surface area contributed by atoms with Gasteiger partial charge in [-0.3, -0.25) is 0 Å². The normalized spacial score (nSPS) is 26.0. The lowest BCUT2D eigenvalue weighted by molar-refractivity contribution is 0.117. The van der Waals surface area contributed by atoms with Gasteiger partial charge in [-0.15, -0.1) is 0 Å². The molecular formula is C13H19N5. The molecule has 96 valence electrons. The Morgan fingerprint density at radius 2 is 2.28 bits per heavy atom. The van der Waals surface area contributed by atoms with E-state index in [0.717, 1.165) is 23.4 Å². The van der Waals surface area contributed by atoms with Crippen molar-refractivity contribution in [2.75, 3.05) is 5.32 Å². The van der Waals surface area contributed by atoms with Crippen LogP contribution in [0.15, 0.2) is 18.5 Å². The van der Waals surface area contributed by atoms with E-state index < -0.39 is 0 Å². The maximum Gasteiger partial charge on any atom is 0.152 e. The first-order valence-corrected chi connectivity index (χ1v) is 6.31. The molecule has 2 heterocycles. The van der Waals surface area contributed by atoms with Gasteiger partial charge in [-0.1, -0.05) is 13.8 Å². The molecule has 2 aromatic rings. The van der Waals surface area contributed by atoms with Gasteiger partial charge in [0.05, 0.1) is 5.69 Å². The molecule has 0 radical (unpaired) electrons. The summed E-state index contributed by atoms with van der Waals surface area (Å²) >= 11 is 0. The minimum absolute atomic E-state index is 0.115. The molecule has 3 N–H and O–H groups in total. The summed E-state index contributed by atoms with van der Waals surface area (Å²) in [5, 5.41) is 7.89. The number of hydrogen-bond acceptors (Lipinski definition) is 4. The highest BCUT2D eigenvalue weighted by molar-refractivity contribution is 5.68. The zero-order chi connectivity index (χ0) is 12.9. The SMILES string of the molecule is Cc1cc2c(NC3CC(N)C3(C)C)nccn2n1. The Balaban J connectivity index is 1.92. The third-order valence-corrected chi connectivity index (χ3v) is 4.17. The lowest BCUT2D eigenvalue weighted by atomic mass is 9.63. The van der Waals surface area contributed by atoms with Gasteiger partial charge in [0.25, 0.3) is 0 Å². The molecule has 0 spiro atoms. The number of fused-ring (bicyclic) bond motifs is 1. The minimum atomic E-state index is 0.115. The molecule has 2 aromatic heterocycles. The predicted octanol–water partition coefficient (Wildman–Crippen LogP) is 1.58. The van der Waals surface area contributed by atoms with Crippen LogP contribution in [0.25, 0.3) is 5.52 Å². The number of nitrogens with zero attached hydrogens (tertiary/aromatic N) is 3. The largest absolute Gasteiger partial charge is 0.365 e. The van der Waals surface area contributed by atoms with Crippen LogP contribution < -0.4 is 11.1 Å². The Kier molecular flexibility index (Phi) is 2.35. The highest BCUT2D eigenvalue weighted by atomic mass is 15.2. The Hall–Kier alpha value is -1.62. The second-order valence-electron chi connectivity index (χ2n) is 5.75. The maximum atomic E-state index is 6.04. The molecule has 3 rings (SSSR count). The quantitative estimate of drug-likeness (QED) is 0.842. The third kappa shape index (κ3) is 1.58. The van der Waals surface area contributed by atoms with Crippen LogP contribution in [-0.4, -0.2) is 26.7 Å². The van der Waals surface area contributed by atoms with Crippen molar-refractivity contribution in [3.8, 4) is 0 Å². The van der Waals surface area contributed by atoms with Gasteiger partial charge in [-0.2, -0.15) is 5.10 Å². The third-order valence-electron chi connectivity index (χ3n) is 4.17. The van der Waals surface area contributed by atoms with Gasteiger partial charge in [0.2, 0.25) is 0 Å². The van der Waals surface area contributed by atoms with Crippen molar-refractivity contribution in [2.24, 2.45) is 11.1 Å². The first kappa shape index (κ1) is 11.5. The van der Waals surface area contributed by atoms with Crippen LogP contribution in [0.5, 0.6) is 0 Å². The van der Waals surface area contributed by atoms with Crippen molar-refractivity contribution in [2.45, 2.75) is 39.3 Å². The van der Waals surface area contributed by atoms with Gasteiger partial charge < -0.3 is 11.1 Å². The summed E-state index contributed by atoms with van der Waals surface area (Å²) in [5.74, 6) is 0.892. The average molecular weight is 245 g/mol. The molecular weight excluding hydrogens is 226 g/mol. The van der Waals surface area contributed by atoms with Gasteiger partial charge in [0.15, 0.2) is 5.82 Å². The van der Waals surface area contributed by atoms with Crippen molar-refractivity contribution in [3.05, 3.63) is 24.2 Å². The zero-order valence-corrected chi connectivity index (χ0v) is 11.0. The van der Waals surface area contributed by atoms with Crippen LogP contribution >= 0.6 is 0 Å². The number of aryl methyl sites for hydroxylation is 1. The van der Waals surface area contributed by atoms with Crippen LogP contribution in [0.3, 0.4) is 0 Å². The van der Waals surface area contributed by atoms with Gasteiger partial charge in [0.1, 0.15) is 5.52 Å². The lowest BCUT2D eigenvalue weighted by Crippen LogP contribution is -2.61. The Morgan fingerprint density at radius 1 is 1.50 bits per heavy atom. The lowest BCUT2D eigenvalue weighted by Gasteiger charge is -2.50. The topological polar surface area (TPSA) is 68.2 Å². The van der Waals surface area contributed by atoms with Crippen molar-refractivity contribution in [1.82, 2.24) is 14.6 Å². The number of aromatic nitrogens is 3. The van der Waals surface area contributed by atoms with Gasteiger partial charge in [0, 0.05) is 29.9 Å². The molecule has 0 saturated heterocycles. The molecule has 0 amide bonds. The Morgan fingerprint density at radius 3 is 2.94 bits per heavy atom. The van der Waals surface area contributed by atoms with Crippen LogP contribution in [0, 0.1) is 12.3 Å². The monoisotopic (exact) mass is 245 g/mol. The van der Waals surface area contributed by atoms with Crippen LogP contribution in [0.4, 0.5) is 5.82 Å². The summed E-state index contributed by atoms with van der Waals surface area (Å²) in [7, 11) is 0. The average Bonchev–Trinajstić information content (AvgIpc) is 2.70. The standard InChI is InChI=1S/C13H19N5/c1-8-6-9-12(15-4-5-18(9)17-8)16-11-7-10(14)13(11,2)3/h4-6,10-11H,7,14H2,1-3H3,(H,15,16). The van der Waals surface area contributed by atoms with Crippen LogP contribution in [-0.2, 0) is 0 Å². The molecule has 2 unspecified atom stereocenters. The summed E-state index contributed by atoms with van der Waals surface area (Å²) in [6, 6.07) is 2.68. The van der Waals surface area contributed by atoms with Crippen molar-refractivity contribution >= 4 is 11.3 Å². The molecule has 0 bridgehead atoms. The second kappa shape index (κ2) is 3.68. The Bertz CT molecular complexity index is 586. The van der Waals surface area contributed by atoms with E-state index in [-0.39, 0.29) is 11.5 Å². The fourth-order valence-corrected chi connectivity index (χ4v) is 2.52. The highest BCUT2D eigenvalue weighted by Crippen LogP contribution is 2.41. The van der Waals surface area contributed by atoms with Crippen molar-refractivity contribution < 1.29 is 0 Å². The molecule has 2 atom stereocenters. The van der Waals surface area contributed by atoms with E-state index in [0.29, 0.717) is 6.04 Å². The molecule has 0 aliphatic heterocycles. The first-order chi connectivity index (χ1) is 8.48. The Labute approximate surface area is 106 Å². The fourth-order valence-electron chi connectivity index (χ4n) is 2.52. The van der Waals surface area contributed by atoms with Gasteiger partial charge >= 0.3 is 0 Å². The molecule has 1 aliphatic carbocycles. The van der Waals surface area contributed by atoms with E-state index >= 15 is 0 Å². The summed E-state index contributed by atoms with van der Waals surface area (Å²) in [6.45, 7) is 6.38. The van der Waals surface area contributed by atoms with E-state index in [2.05, 4.69) is 29.2 Å². The van der Waals surface area contributed by atoms with Crippen molar-refractivity contribution in [3.63, 3.8) is 0 Å². The van der Waals surface area contributed by atoms with Gasteiger partial charge in [-0.25, -0.2) is 9.50 Å². The van der Waals surface area contributed by atoms with Gasteiger partial charge in [-0.05, 0) is 19.4 Å². The maximum absolute atomic E-state index is 6.04. The van der Waals surface area contributed by atoms with E-state index in [1.54, 1.807) is 6.20 Å². The summed E-state index contributed by atoms with van der Waals surface area (Å²) in [4.78, 5) is 4.42. The number of nitrogens with two attached hydrogens (primary N) is 1. The summed E-state index contributed by atoms with van der Waals surface area (Å²) < 4.78 is 1.86. The second-order valence-corrected chi connectivity index (χ2v) is 5.75.